The molecule has 0 saturated heterocycles. The predicted octanol–water partition coefficient (Wildman–Crippen LogP) is 12.8. The molecule has 0 aromatic heterocycles. The van der Waals surface area contributed by atoms with E-state index in [1.54, 1.807) is 0 Å². The van der Waals surface area contributed by atoms with Crippen LogP contribution in [0.1, 0.15) is 46.2 Å². The van der Waals surface area contributed by atoms with E-state index in [4.69, 9.17) is 12.8 Å². The van der Waals surface area contributed by atoms with Gasteiger partial charge in [0.1, 0.15) is 0 Å². The van der Waals surface area contributed by atoms with E-state index in [0.29, 0.717) is 0 Å². The molecule has 0 fully saturated rings. The molecule has 2 aliphatic carbocycles. The van der Waals surface area contributed by atoms with E-state index in [-0.39, 0.29) is 44.8 Å². The van der Waals surface area contributed by atoms with Gasteiger partial charge in [-0.2, -0.15) is 0 Å². The Labute approximate surface area is 404 Å². The van der Waals surface area contributed by atoms with Crippen LogP contribution in [0.25, 0.3) is 22.3 Å². The molecule has 0 nitrogen and oxygen atoms in total. The molecule has 312 valence electrons. The van der Waals surface area contributed by atoms with Gasteiger partial charge in [0.2, 0.25) is 0 Å². The number of hydrogen-bond donors (Lipinski definition) is 0. The van der Waals surface area contributed by atoms with Gasteiger partial charge in [0.15, 0.2) is 0 Å². The second-order valence-corrected chi connectivity index (χ2v) is 20.0. The number of allylic oxidation sites excluding steroid dienone is 4. The van der Waals surface area contributed by atoms with Crippen molar-refractivity contribution in [1.82, 2.24) is 0 Å². The molecule has 0 heterocycles. The van der Waals surface area contributed by atoms with Crippen LogP contribution in [0.2, 0.25) is 0 Å². The third kappa shape index (κ3) is 12.9. The van der Waals surface area contributed by atoms with Crippen molar-refractivity contribution in [3.8, 4) is 34.1 Å². The van der Waals surface area contributed by atoms with Gasteiger partial charge in [-0.15, -0.1) is 35.4 Å². The van der Waals surface area contributed by atoms with Crippen LogP contribution in [0.5, 0.6) is 0 Å². The first-order chi connectivity index (χ1) is 29.6. The van der Waals surface area contributed by atoms with Gasteiger partial charge in [-0.05, 0) is 113 Å². The SMILES string of the molecule is C=C/C=C\C=C\[PH+](CCCC[PH+](c1ccccc1)c1ccccc1)c1ccccc1.[Au+].[Au+].[C-]#Cc1ccc2c(c1)-c1ccccc1C2.[C-]#Cc1ccc2c(c1)-c1ccccc1C2. The molecule has 2 aliphatic rings. The van der Waals surface area contributed by atoms with Gasteiger partial charge in [0.25, 0.3) is 0 Å². The van der Waals surface area contributed by atoms with E-state index in [1.807, 2.05) is 36.4 Å². The number of rotatable bonds is 11. The maximum atomic E-state index is 7.14. The van der Waals surface area contributed by atoms with Gasteiger partial charge in [-0.1, -0.05) is 140 Å². The Kier molecular flexibility index (Phi) is 19.7. The molecule has 0 spiro atoms. The van der Waals surface area contributed by atoms with Crippen LogP contribution < -0.4 is 15.9 Å². The van der Waals surface area contributed by atoms with Crippen LogP contribution in [-0.4, -0.2) is 12.3 Å². The third-order valence-corrected chi connectivity index (χ3v) is 16.5. The zero-order valence-corrected chi connectivity index (χ0v) is 41.0. The summed E-state index contributed by atoms with van der Waals surface area (Å²) >= 11 is 0. The fraction of sp³-hybridized carbons (Fsp3) is 0.103. The van der Waals surface area contributed by atoms with Gasteiger partial charge in [0, 0.05) is 0 Å². The van der Waals surface area contributed by atoms with E-state index in [1.165, 1.54) is 85.6 Å². The van der Waals surface area contributed by atoms with Gasteiger partial charge < -0.3 is 12.8 Å². The molecular formula is C58H50Au2P2+2. The van der Waals surface area contributed by atoms with Crippen LogP contribution >= 0.6 is 15.8 Å². The first kappa shape index (κ1) is 48.3. The molecule has 1 atom stereocenters. The zero-order chi connectivity index (χ0) is 41.4. The van der Waals surface area contributed by atoms with Crippen molar-refractivity contribution >= 4 is 31.8 Å². The predicted molar refractivity (Wildman–Crippen MR) is 264 cm³/mol. The summed E-state index contributed by atoms with van der Waals surface area (Å²) in [6, 6.07) is 62.4. The first-order valence-corrected chi connectivity index (χ1v) is 24.3. The van der Waals surface area contributed by atoms with Gasteiger partial charge >= 0.3 is 44.8 Å². The topological polar surface area (TPSA) is 0 Å². The maximum absolute atomic E-state index is 7.14. The van der Waals surface area contributed by atoms with E-state index in [2.05, 4.69) is 188 Å². The molecule has 7 aromatic carbocycles. The summed E-state index contributed by atoms with van der Waals surface area (Å²) in [6.07, 6.45) is 29.6. The Morgan fingerprint density at radius 3 is 1.34 bits per heavy atom. The van der Waals surface area contributed by atoms with Crippen LogP contribution in [0, 0.1) is 24.7 Å². The Morgan fingerprint density at radius 2 is 0.871 bits per heavy atom. The Morgan fingerprint density at radius 1 is 0.452 bits per heavy atom. The standard InChI is InChI=1S/C28H30P2.2C15H9.2Au/c1-2-3-4-14-23-29(26-17-8-5-9-18-26)24-15-16-25-30(27-19-10-6-11-20-27)28-21-12-7-13-22-28;2*1-2-11-7-8-13-10-12-5-3-4-6-14(12)15(13)9-11;;/h2-14,17-23H,1,15-16,24-25H2;2*3-9H,10H2;;/q;2*-1;2*+1/p+2/b4-3-,23-14+;;;;. The van der Waals surface area contributed by atoms with Crippen molar-refractivity contribution in [1.29, 1.82) is 0 Å². The fourth-order valence-electron chi connectivity index (χ4n) is 8.04. The molecule has 0 radical (unpaired) electrons. The van der Waals surface area contributed by atoms with Crippen LogP contribution in [0.4, 0.5) is 0 Å². The molecular weight excluding hydrogens is 1150 g/mol. The minimum Gasteiger partial charge on any atom is -0.366 e. The molecule has 62 heavy (non-hydrogen) atoms. The molecule has 4 heteroatoms. The summed E-state index contributed by atoms with van der Waals surface area (Å²) in [4.78, 5) is 0. The van der Waals surface area contributed by atoms with Crippen molar-refractivity contribution in [2.75, 3.05) is 12.3 Å². The van der Waals surface area contributed by atoms with E-state index in [0.717, 1.165) is 24.0 Å². The molecule has 0 amide bonds. The molecule has 0 N–H and O–H groups in total. The summed E-state index contributed by atoms with van der Waals surface area (Å²) in [5, 5.41) is 4.55. The zero-order valence-electron chi connectivity index (χ0n) is 34.7. The van der Waals surface area contributed by atoms with Gasteiger partial charge in [-0.3, -0.25) is 11.8 Å². The summed E-state index contributed by atoms with van der Waals surface area (Å²) in [7, 11) is -1.40. The third-order valence-electron chi connectivity index (χ3n) is 11.1. The first-order valence-electron chi connectivity index (χ1n) is 20.8. The molecule has 9 rings (SSSR count). The number of fused-ring (bicyclic) bond motifs is 6. The van der Waals surface area contributed by atoms with Crippen molar-refractivity contribution in [3.05, 3.63) is 259 Å². The van der Waals surface area contributed by atoms with E-state index in [9.17, 15) is 0 Å². The van der Waals surface area contributed by atoms with Crippen molar-refractivity contribution in [3.63, 3.8) is 0 Å². The van der Waals surface area contributed by atoms with Crippen LogP contribution in [0.3, 0.4) is 0 Å². The van der Waals surface area contributed by atoms with Gasteiger partial charge in [0.05, 0.1) is 49.9 Å². The monoisotopic (exact) mass is 1200 g/mol. The molecule has 1 unspecified atom stereocenters. The fourth-order valence-corrected chi connectivity index (χ4v) is 13.0. The number of hydrogen-bond acceptors (Lipinski definition) is 0. The second-order valence-electron chi connectivity index (χ2n) is 15.0. The van der Waals surface area contributed by atoms with Crippen molar-refractivity contribution < 1.29 is 44.8 Å². The molecule has 0 bridgehead atoms. The second kappa shape index (κ2) is 25.4. The normalized spacial score (nSPS) is 11.7. The molecule has 7 aromatic rings. The summed E-state index contributed by atoms with van der Waals surface area (Å²) in [6.45, 7) is 3.75. The van der Waals surface area contributed by atoms with Crippen molar-refractivity contribution in [2.24, 2.45) is 0 Å². The smallest absolute Gasteiger partial charge is 0.366 e. The van der Waals surface area contributed by atoms with Crippen molar-refractivity contribution in [2.45, 2.75) is 25.7 Å². The Bertz CT molecular complexity index is 2510. The minimum atomic E-state index is -0.714. The number of benzene rings is 7. The van der Waals surface area contributed by atoms with E-state index >= 15 is 0 Å². The summed E-state index contributed by atoms with van der Waals surface area (Å²) in [5.74, 6) is 7.31. The Hall–Kier alpha value is -4.78. The van der Waals surface area contributed by atoms with Crippen LogP contribution in [0.15, 0.2) is 213 Å². The minimum absolute atomic E-state index is 0. The molecule has 0 aliphatic heterocycles. The summed E-state index contributed by atoms with van der Waals surface area (Å²) in [5.41, 5.74) is 12.3. The van der Waals surface area contributed by atoms with Gasteiger partial charge in [-0.25, -0.2) is 0 Å². The Balaban J connectivity index is 0.000000190. The molecule has 0 saturated carbocycles. The van der Waals surface area contributed by atoms with Crippen LogP contribution in [-0.2, 0) is 57.6 Å². The quantitative estimate of drug-likeness (QED) is 0.0302. The summed E-state index contributed by atoms with van der Waals surface area (Å²) < 4.78 is 0. The average molecular weight is 1200 g/mol. The largest absolute Gasteiger partial charge is 1.00 e. The average Bonchev–Trinajstić information content (AvgIpc) is 3.88. The maximum Gasteiger partial charge on any atom is 1.00 e. The van der Waals surface area contributed by atoms with E-state index < -0.39 is 15.8 Å². The number of unbranched alkanes of at least 4 members (excludes halogenated alkanes) is 1.